The highest BCUT2D eigenvalue weighted by molar-refractivity contribution is 6.10. The van der Waals surface area contributed by atoms with Crippen molar-refractivity contribution in [2.45, 2.75) is 13.8 Å². The monoisotopic (exact) mass is 384 g/mol. The van der Waals surface area contributed by atoms with Gasteiger partial charge in [-0.05, 0) is 24.3 Å². The van der Waals surface area contributed by atoms with Crippen molar-refractivity contribution in [2.75, 3.05) is 24.0 Å². The molecule has 0 spiro atoms. The third-order valence-electron chi connectivity index (χ3n) is 3.89. The molecule has 0 aliphatic carbocycles. The summed E-state index contributed by atoms with van der Waals surface area (Å²) in [5, 5.41) is 5.35. The van der Waals surface area contributed by atoms with E-state index in [0.29, 0.717) is 22.9 Å². The summed E-state index contributed by atoms with van der Waals surface area (Å²) in [4.78, 5) is 36.2. The lowest BCUT2D eigenvalue weighted by atomic mass is 10.1. The van der Waals surface area contributed by atoms with Gasteiger partial charge in [0.2, 0.25) is 6.79 Å². The molecule has 0 fully saturated rings. The lowest BCUT2D eigenvalue weighted by Crippen LogP contribution is -2.24. The van der Waals surface area contributed by atoms with Crippen molar-refractivity contribution < 1.29 is 28.6 Å². The highest BCUT2D eigenvalue weighted by Crippen LogP contribution is 2.34. The number of esters is 1. The van der Waals surface area contributed by atoms with E-state index < -0.39 is 24.4 Å². The number of amides is 2. The topological polar surface area (TPSA) is 103 Å². The van der Waals surface area contributed by atoms with Crippen LogP contribution in [0.25, 0.3) is 0 Å². The van der Waals surface area contributed by atoms with Crippen LogP contribution < -0.4 is 20.1 Å². The number of hydrogen-bond acceptors (Lipinski definition) is 6. The Morgan fingerprint density at radius 1 is 1.04 bits per heavy atom. The van der Waals surface area contributed by atoms with E-state index in [1.54, 1.807) is 56.3 Å². The van der Waals surface area contributed by atoms with Gasteiger partial charge in [-0.15, -0.1) is 0 Å². The number of anilines is 2. The van der Waals surface area contributed by atoms with Gasteiger partial charge in [-0.25, -0.2) is 0 Å². The predicted octanol–water partition coefficient (Wildman–Crippen LogP) is 2.81. The number of carbonyl (C=O) groups is 3. The molecule has 3 rings (SSSR count). The van der Waals surface area contributed by atoms with Crippen LogP contribution in [0.1, 0.15) is 24.2 Å². The van der Waals surface area contributed by atoms with Crippen LogP contribution in [0.2, 0.25) is 0 Å². The van der Waals surface area contributed by atoms with E-state index in [0.717, 1.165) is 0 Å². The first-order chi connectivity index (χ1) is 13.4. The average Bonchev–Trinajstić information content (AvgIpc) is 3.14. The van der Waals surface area contributed by atoms with Crippen molar-refractivity contribution in [3.8, 4) is 11.5 Å². The third-order valence-corrected chi connectivity index (χ3v) is 3.89. The molecule has 8 heteroatoms. The number of fused-ring (bicyclic) bond motifs is 1. The predicted molar refractivity (Wildman–Crippen MR) is 101 cm³/mol. The summed E-state index contributed by atoms with van der Waals surface area (Å²) in [6.45, 7) is 3.07. The molecular weight excluding hydrogens is 364 g/mol. The Morgan fingerprint density at radius 3 is 2.57 bits per heavy atom. The van der Waals surface area contributed by atoms with E-state index in [4.69, 9.17) is 14.2 Å². The number of ether oxygens (including phenoxy) is 3. The maximum Gasteiger partial charge on any atom is 0.308 e. The molecule has 0 saturated carbocycles. The number of carbonyl (C=O) groups excluding carboxylic acids is 3. The summed E-state index contributed by atoms with van der Waals surface area (Å²) >= 11 is 0. The van der Waals surface area contributed by atoms with Crippen molar-refractivity contribution in [3.63, 3.8) is 0 Å². The molecule has 1 heterocycles. The molecule has 8 nitrogen and oxygen atoms in total. The number of nitrogens with one attached hydrogen (secondary N) is 2. The quantitative estimate of drug-likeness (QED) is 0.743. The fraction of sp³-hybridized carbons (Fsp3) is 0.250. The van der Waals surface area contributed by atoms with Gasteiger partial charge < -0.3 is 24.8 Å². The van der Waals surface area contributed by atoms with Gasteiger partial charge in [-0.3, -0.25) is 14.4 Å². The smallest absolute Gasteiger partial charge is 0.308 e. The largest absolute Gasteiger partial charge is 0.455 e. The summed E-state index contributed by atoms with van der Waals surface area (Å²) in [6, 6.07) is 11.6. The first kappa shape index (κ1) is 19.2. The highest BCUT2D eigenvalue weighted by atomic mass is 16.7. The van der Waals surface area contributed by atoms with Crippen LogP contribution in [0.3, 0.4) is 0 Å². The molecule has 2 aromatic carbocycles. The second kappa shape index (κ2) is 8.43. The molecule has 0 atom stereocenters. The normalized spacial score (nSPS) is 11.8. The van der Waals surface area contributed by atoms with Gasteiger partial charge >= 0.3 is 5.97 Å². The maximum atomic E-state index is 12.7. The summed E-state index contributed by atoms with van der Waals surface area (Å²) in [5.41, 5.74) is 1.11. The molecule has 0 unspecified atom stereocenters. The lowest BCUT2D eigenvalue weighted by Gasteiger charge is -2.12. The minimum Gasteiger partial charge on any atom is -0.455 e. The first-order valence-electron chi connectivity index (χ1n) is 8.70. The Labute approximate surface area is 161 Å². The Kier molecular flexibility index (Phi) is 5.78. The van der Waals surface area contributed by atoms with Gasteiger partial charge in [0.25, 0.3) is 11.8 Å². The zero-order valence-corrected chi connectivity index (χ0v) is 15.5. The van der Waals surface area contributed by atoms with Crippen molar-refractivity contribution in [3.05, 3.63) is 48.0 Å². The summed E-state index contributed by atoms with van der Waals surface area (Å²) in [7, 11) is 0. The second-order valence-corrected chi connectivity index (χ2v) is 6.38. The molecule has 0 bridgehead atoms. The molecule has 0 saturated heterocycles. The summed E-state index contributed by atoms with van der Waals surface area (Å²) in [5.74, 6) is -0.573. The second-order valence-electron chi connectivity index (χ2n) is 6.38. The van der Waals surface area contributed by atoms with Crippen LogP contribution in [-0.2, 0) is 14.3 Å². The fourth-order valence-corrected chi connectivity index (χ4v) is 2.45. The number of rotatable bonds is 6. The van der Waals surface area contributed by atoms with Gasteiger partial charge in [-0.1, -0.05) is 26.0 Å². The fourth-order valence-electron chi connectivity index (χ4n) is 2.45. The van der Waals surface area contributed by atoms with Gasteiger partial charge in [0, 0.05) is 11.8 Å². The minimum atomic E-state index is -0.530. The van der Waals surface area contributed by atoms with E-state index in [1.807, 2.05) is 0 Å². The van der Waals surface area contributed by atoms with Gasteiger partial charge in [-0.2, -0.15) is 0 Å². The van der Waals surface area contributed by atoms with Crippen LogP contribution in [0.5, 0.6) is 11.5 Å². The Hall–Kier alpha value is -3.55. The lowest BCUT2D eigenvalue weighted by molar-refractivity contribution is -0.150. The molecule has 1 aliphatic heterocycles. The number of para-hydroxylation sites is 1. The molecule has 28 heavy (non-hydrogen) atoms. The molecule has 0 radical (unpaired) electrons. The first-order valence-corrected chi connectivity index (χ1v) is 8.70. The SMILES string of the molecule is CC(C)C(=O)OCC(=O)Nc1ccccc1C(=O)Nc1ccc2c(c1)OCO2. The zero-order valence-electron chi connectivity index (χ0n) is 15.5. The van der Waals surface area contributed by atoms with E-state index >= 15 is 0 Å². The van der Waals surface area contributed by atoms with Gasteiger partial charge in [0.1, 0.15) is 0 Å². The molecule has 0 aromatic heterocycles. The van der Waals surface area contributed by atoms with E-state index in [1.165, 1.54) is 0 Å². The molecular formula is C20H20N2O6. The molecule has 146 valence electrons. The van der Waals surface area contributed by atoms with Crippen LogP contribution in [0.15, 0.2) is 42.5 Å². The van der Waals surface area contributed by atoms with Crippen LogP contribution in [-0.4, -0.2) is 31.2 Å². The van der Waals surface area contributed by atoms with Gasteiger partial charge in [0.15, 0.2) is 18.1 Å². The number of hydrogen-bond donors (Lipinski definition) is 2. The van der Waals surface area contributed by atoms with E-state index in [-0.39, 0.29) is 18.3 Å². The average molecular weight is 384 g/mol. The zero-order chi connectivity index (χ0) is 20.1. The highest BCUT2D eigenvalue weighted by Gasteiger charge is 2.17. The van der Waals surface area contributed by atoms with Crippen molar-refractivity contribution in [1.29, 1.82) is 0 Å². The minimum absolute atomic E-state index is 0.142. The van der Waals surface area contributed by atoms with E-state index in [9.17, 15) is 14.4 Å². The molecule has 2 N–H and O–H groups in total. The van der Waals surface area contributed by atoms with Crippen molar-refractivity contribution in [1.82, 2.24) is 0 Å². The van der Waals surface area contributed by atoms with Crippen molar-refractivity contribution in [2.24, 2.45) is 5.92 Å². The standard InChI is InChI=1S/C20H20N2O6/c1-12(2)20(25)26-10-18(23)22-15-6-4-3-5-14(15)19(24)21-13-7-8-16-17(9-13)28-11-27-16/h3-9,12H,10-11H2,1-2H3,(H,21,24)(H,22,23). The Balaban J connectivity index is 1.66. The van der Waals surface area contributed by atoms with E-state index in [2.05, 4.69) is 10.6 Å². The molecule has 2 amide bonds. The Morgan fingerprint density at radius 2 is 1.79 bits per heavy atom. The summed E-state index contributed by atoms with van der Waals surface area (Å²) in [6.07, 6.45) is 0. The van der Waals surface area contributed by atoms with Crippen LogP contribution in [0.4, 0.5) is 11.4 Å². The third kappa shape index (κ3) is 4.59. The van der Waals surface area contributed by atoms with Crippen LogP contribution >= 0.6 is 0 Å². The Bertz CT molecular complexity index is 909. The molecule has 2 aromatic rings. The number of benzene rings is 2. The maximum absolute atomic E-state index is 12.7. The molecule has 1 aliphatic rings. The summed E-state index contributed by atoms with van der Waals surface area (Å²) < 4.78 is 15.4. The van der Waals surface area contributed by atoms with Crippen molar-refractivity contribution >= 4 is 29.2 Å². The van der Waals surface area contributed by atoms with Gasteiger partial charge in [0.05, 0.1) is 17.2 Å². The van der Waals surface area contributed by atoms with Crippen LogP contribution in [0, 0.1) is 5.92 Å².